The lowest BCUT2D eigenvalue weighted by atomic mass is 9.85. The van der Waals surface area contributed by atoms with Crippen LogP contribution in [0.15, 0.2) is 30.5 Å². The van der Waals surface area contributed by atoms with Crippen LogP contribution in [0.1, 0.15) is 25.1 Å². The number of hydrogen-bond acceptors (Lipinski definition) is 4. The van der Waals surface area contributed by atoms with Gasteiger partial charge in [0, 0.05) is 40.9 Å². The topological polar surface area (TPSA) is 93.0 Å². The normalized spacial score (nSPS) is 12.7. The average Bonchev–Trinajstić information content (AvgIpc) is 3.30. The number of benzene rings is 1. The van der Waals surface area contributed by atoms with Gasteiger partial charge in [-0.3, -0.25) is 5.10 Å². The molecule has 3 heterocycles. The van der Waals surface area contributed by atoms with Gasteiger partial charge in [0.25, 0.3) is 0 Å². The highest BCUT2D eigenvalue weighted by Gasteiger charge is 2.43. The zero-order chi connectivity index (χ0) is 24.1. The van der Waals surface area contributed by atoms with Gasteiger partial charge in [0.15, 0.2) is 17.3 Å². The molecule has 0 aliphatic rings. The minimum absolute atomic E-state index is 0.0410. The van der Waals surface area contributed by atoms with Crippen molar-refractivity contribution < 1.29 is 32.2 Å². The Balaban J connectivity index is 2.16. The monoisotopic (exact) mass is 464 g/mol. The summed E-state index contributed by atoms with van der Waals surface area (Å²) in [4.78, 5) is 15.7. The van der Waals surface area contributed by atoms with Crippen LogP contribution in [-0.2, 0) is 21.4 Å². The molecule has 2 N–H and O–H groups in total. The maximum atomic E-state index is 14.5. The molecule has 1 aromatic carbocycles. The summed E-state index contributed by atoms with van der Waals surface area (Å²) in [5.74, 6) is -8.58. The summed E-state index contributed by atoms with van der Waals surface area (Å²) in [6.07, 6.45) is 0.320. The molecule has 0 radical (unpaired) electrons. The molecule has 0 amide bonds. The van der Waals surface area contributed by atoms with E-state index < -0.39 is 35.4 Å². The summed E-state index contributed by atoms with van der Waals surface area (Å²) in [5, 5.41) is 16.2. The second-order valence-corrected chi connectivity index (χ2v) is 8.43. The van der Waals surface area contributed by atoms with Gasteiger partial charge in [0.05, 0.1) is 30.3 Å². The Morgan fingerprint density at radius 3 is 2.58 bits per heavy atom. The second kappa shape index (κ2) is 7.84. The van der Waals surface area contributed by atoms with Crippen molar-refractivity contribution in [1.29, 1.82) is 0 Å². The van der Waals surface area contributed by atoms with Crippen molar-refractivity contribution in [1.82, 2.24) is 19.7 Å². The highest BCUT2D eigenvalue weighted by Crippen LogP contribution is 2.40. The summed E-state index contributed by atoms with van der Waals surface area (Å²) in [6, 6.07) is 4.80. The van der Waals surface area contributed by atoms with Gasteiger partial charge in [-0.2, -0.15) is 13.9 Å². The Kier molecular flexibility index (Phi) is 5.39. The molecule has 4 rings (SSSR count). The fraction of sp³-hybridized carbons (Fsp3) is 0.318. The van der Waals surface area contributed by atoms with Crippen LogP contribution in [0.3, 0.4) is 0 Å². The Bertz CT molecular complexity index is 1380. The van der Waals surface area contributed by atoms with E-state index in [0.29, 0.717) is 16.6 Å². The minimum atomic E-state index is -4.10. The summed E-state index contributed by atoms with van der Waals surface area (Å²) < 4.78 is 63.6. The van der Waals surface area contributed by atoms with Crippen LogP contribution in [0, 0.1) is 11.6 Å². The molecule has 7 nitrogen and oxygen atoms in total. The zero-order valence-electron chi connectivity index (χ0n) is 17.9. The number of carbonyl (C=O) groups is 1. The molecule has 33 heavy (non-hydrogen) atoms. The van der Waals surface area contributed by atoms with E-state index in [1.807, 2.05) is 0 Å². The van der Waals surface area contributed by atoms with Gasteiger partial charge in [-0.1, -0.05) is 13.8 Å². The first-order valence-corrected chi connectivity index (χ1v) is 9.90. The van der Waals surface area contributed by atoms with Gasteiger partial charge in [-0.25, -0.2) is 18.6 Å². The number of halogens is 4. The number of carboxylic acids is 1. The maximum absolute atomic E-state index is 14.5. The smallest absolute Gasteiger partial charge is 0.374 e. The lowest BCUT2D eigenvalue weighted by Gasteiger charge is -2.28. The van der Waals surface area contributed by atoms with Crippen LogP contribution in [0.5, 0.6) is 0 Å². The summed E-state index contributed by atoms with van der Waals surface area (Å²) in [6.45, 7) is 3.51. The van der Waals surface area contributed by atoms with E-state index in [-0.39, 0.29) is 29.1 Å². The molecule has 4 aromatic rings. The van der Waals surface area contributed by atoms with Crippen LogP contribution >= 0.6 is 0 Å². The van der Waals surface area contributed by atoms with Crippen LogP contribution in [0.4, 0.5) is 17.6 Å². The fourth-order valence-corrected chi connectivity index (χ4v) is 4.13. The first-order chi connectivity index (χ1) is 15.5. The Morgan fingerprint density at radius 1 is 1.21 bits per heavy atom. The molecule has 0 unspecified atom stereocenters. The summed E-state index contributed by atoms with van der Waals surface area (Å²) in [5.41, 5.74) is 0.131. The number of H-pyrrole nitrogens is 1. The Labute approximate surface area is 185 Å². The van der Waals surface area contributed by atoms with Crippen molar-refractivity contribution >= 4 is 28.0 Å². The number of pyridine rings is 1. The standard InChI is InChI=1S/C22H20F4N4O3/c1-21(2,10-33-3)18-13(8-22(25,26)20(31)32)17-16(6-11-9-27-29-19(11)28-17)30(18)12-4-5-14(23)15(24)7-12/h4-7,9H,8,10H2,1-3H3,(H,31,32)(H,27,28,29). The van der Waals surface area contributed by atoms with Crippen molar-refractivity contribution in [2.24, 2.45) is 0 Å². The van der Waals surface area contributed by atoms with Crippen LogP contribution in [-0.4, -0.2) is 50.5 Å². The number of fused-ring (bicyclic) bond motifs is 2. The van der Waals surface area contributed by atoms with E-state index in [4.69, 9.17) is 9.84 Å². The number of aliphatic carboxylic acids is 1. The highest BCUT2D eigenvalue weighted by molar-refractivity contribution is 5.94. The number of aromatic nitrogens is 4. The van der Waals surface area contributed by atoms with Gasteiger partial charge in [-0.15, -0.1) is 0 Å². The summed E-state index contributed by atoms with van der Waals surface area (Å²) >= 11 is 0. The van der Waals surface area contributed by atoms with E-state index in [9.17, 15) is 22.4 Å². The maximum Gasteiger partial charge on any atom is 0.374 e. The number of alkyl halides is 2. The van der Waals surface area contributed by atoms with Crippen molar-refractivity contribution in [3.8, 4) is 5.69 Å². The molecule has 11 heteroatoms. The van der Waals surface area contributed by atoms with Crippen molar-refractivity contribution in [3.63, 3.8) is 0 Å². The van der Waals surface area contributed by atoms with Crippen LogP contribution < -0.4 is 0 Å². The number of aromatic amines is 1. The van der Waals surface area contributed by atoms with E-state index in [2.05, 4.69) is 15.2 Å². The van der Waals surface area contributed by atoms with E-state index >= 15 is 0 Å². The third-order valence-corrected chi connectivity index (χ3v) is 5.46. The summed E-state index contributed by atoms with van der Waals surface area (Å²) in [7, 11) is 1.44. The number of ether oxygens (including phenoxy) is 1. The first-order valence-electron chi connectivity index (χ1n) is 9.90. The second-order valence-electron chi connectivity index (χ2n) is 8.43. The van der Waals surface area contributed by atoms with E-state index in [1.165, 1.54) is 23.9 Å². The molecule has 0 atom stereocenters. The zero-order valence-corrected chi connectivity index (χ0v) is 17.9. The van der Waals surface area contributed by atoms with Crippen LogP contribution in [0.2, 0.25) is 0 Å². The van der Waals surface area contributed by atoms with Gasteiger partial charge in [0.1, 0.15) is 0 Å². The molecule has 0 fully saturated rings. The number of rotatable bonds is 7. The highest BCUT2D eigenvalue weighted by atomic mass is 19.3. The van der Waals surface area contributed by atoms with Gasteiger partial charge in [-0.05, 0) is 18.2 Å². The number of hydrogen-bond donors (Lipinski definition) is 2. The molecule has 174 valence electrons. The largest absolute Gasteiger partial charge is 0.477 e. The van der Waals surface area contributed by atoms with Gasteiger partial charge < -0.3 is 14.4 Å². The Hall–Kier alpha value is -3.47. The Morgan fingerprint density at radius 2 is 1.94 bits per heavy atom. The molecule has 0 aliphatic heterocycles. The van der Waals surface area contributed by atoms with Crippen LogP contribution in [0.25, 0.3) is 27.8 Å². The molecule has 0 bridgehead atoms. The number of nitrogens with one attached hydrogen (secondary N) is 1. The predicted molar refractivity (Wildman–Crippen MR) is 112 cm³/mol. The van der Waals surface area contributed by atoms with Crippen molar-refractivity contribution in [2.45, 2.75) is 31.6 Å². The first kappa shape index (κ1) is 22.7. The van der Waals surface area contributed by atoms with Crippen molar-refractivity contribution in [2.75, 3.05) is 13.7 Å². The molecule has 0 saturated heterocycles. The number of methoxy groups -OCH3 is 1. The SMILES string of the molecule is COCC(C)(C)c1c(CC(F)(F)C(=O)O)c2nc3[nH]ncc3cc2n1-c1ccc(F)c(F)c1. The number of carboxylic acid groups (broad SMARTS) is 1. The number of nitrogens with zero attached hydrogens (tertiary/aromatic N) is 3. The average molecular weight is 464 g/mol. The molecular weight excluding hydrogens is 444 g/mol. The quantitative estimate of drug-likeness (QED) is 0.397. The third-order valence-electron chi connectivity index (χ3n) is 5.46. The lowest BCUT2D eigenvalue weighted by Crippen LogP contribution is -2.34. The third kappa shape index (κ3) is 3.82. The van der Waals surface area contributed by atoms with Crippen molar-refractivity contribution in [3.05, 3.63) is 53.4 Å². The van der Waals surface area contributed by atoms with E-state index in [0.717, 1.165) is 12.1 Å². The molecular formula is C22H20F4N4O3. The predicted octanol–water partition coefficient (Wildman–Crippen LogP) is 4.37. The van der Waals surface area contributed by atoms with E-state index in [1.54, 1.807) is 19.9 Å². The van der Waals surface area contributed by atoms with Gasteiger partial charge >= 0.3 is 11.9 Å². The fourth-order valence-electron chi connectivity index (χ4n) is 4.13. The lowest BCUT2D eigenvalue weighted by molar-refractivity contribution is -0.164. The molecule has 0 spiro atoms. The molecule has 0 saturated carbocycles. The van der Waals surface area contributed by atoms with Gasteiger partial charge in [0.2, 0.25) is 0 Å². The molecule has 3 aromatic heterocycles. The molecule has 0 aliphatic carbocycles. The minimum Gasteiger partial charge on any atom is -0.477 e.